The highest BCUT2D eigenvalue weighted by Gasteiger charge is 2.24. The second kappa shape index (κ2) is 7.21. The summed E-state index contributed by atoms with van der Waals surface area (Å²) in [5.74, 6) is 2.16. The number of hydrogen-bond donors (Lipinski definition) is 1. The van der Waals surface area contributed by atoms with Gasteiger partial charge in [-0.3, -0.25) is 0 Å². The van der Waals surface area contributed by atoms with Crippen molar-refractivity contribution in [3.8, 4) is 5.75 Å². The Hall–Kier alpha value is -1.75. The summed E-state index contributed by atoms with van der Waals surface area (Å²) in [5.41, 5.74) is 1.20. The van der Waals surface area contributed by atoms with Crippen molar-refractivity contribution >= 4 is 22.2 Å². The summed E-state index contributed by atoms with van der Waals surface area (Å²) in [5, 5.41) is 4.56. The van der Waals surface area contributed by atoms with Gasteiger partial charge in [0.05, 0.1) is 12.8 Å². The maximum atomic E-state index is 5.48. The Kier molecular flexibility index (Phi) is 5.06. The Morgan fingerprint density at radius 3 is 2.96 bits per heavy atom. The molecule has 1 atom stereocenters. The van der Waals surface area contributed by atoms with Crippen molar-refractivity contribution < 1.29 is 4.74 Å². The average Bonchev–Trinajstić information content (AvgIpc) is 3.22. The van der Waals surface area contributed by atoms with Gasteiger partial charge in [0.15, 0.2) is 5.13 Å². The molecule has 0 spiro atoms. The third-order valence-electron chi connectivity index (χ3n) is 4.35. The molecule has 0 unspecified atom stereocenters. The van der Waals surface area contributed by atoms with Gasteiger partial charge in [-0.15, -0.1) is 11.3 Å². The van der Waals surface area contributed by atoms with Crippen molar-refractivity contribution in [1.82, 2.24) is 4.98 Å². The molecular weight excluding hydrogens is 306 g/mol. The van der Waals surface area contributed by atoms with E-state index in [-0.39, 0.29) is 0 Å². The van der Waals surface area contributed by atoms with Gasteiger partial charge in [-0.2, -0.15) is 0 Å². The topological polar surface area (TPSA) is 37.4 Å². The first-order chi connectivity index (χ1) is 11.2. The van der Waals surface area contributed by atoms with Crippen LogP contribution in [0.25, 0.3) is 0 Å². The molecule has 1 N–H and O–H groups in total. The Labute approximate surface area is 142 Å². The molecule has 2 aromatic rings. The molecule has 0 bridgehead atoms. The van der Waals surface area contributed by atoms with Gasteiger partial charge in [0, 0.05) is 30.7 Å². The van der Waals surface area contributed by atoms with Crippen LogP contribution in [0.2, 0.25) is 0 Å². The standard InChI is InChI=1S/C18H25N3OS/c1-13(2)17-11-20-18(23-17)19-10-14-8-9-21(12-14)15-6-4-5-7-16(15)22-3/h4-7,11,13-14H,8-10,12H2,1-3H3,(H,19,20)/t14-/m0/s1. The molecule has 1 aromatic heterocycles. The molecule has 4 nitrogen and oxygen atoms in total. The Bertz CT molecular complexity index is 641. The normalized spacial score (nSPS) is 17.7. The number of ether oxygens (including phenoxy) is 1. The summed E-state index contributed by atoms with van der Waals surface area (Å²) in [7, 11) is 1.74. The minimum atomic E-state index is 0.551. The molecule has 0 radical (unpaired) electrons. The van der Waals surface area contributed by atoms with Gasteiger partial charge >= 0.3 is 0 Å². The maximum absolute atomic E-state index is 5.48. The van der Waals surface area contributed by atoms with Crippen molar-refractivity contribution in [2.45, 2.75) is 26.2 Å². The number of benzene rings is 1. The van der Waals surface area contributed by atoms with Gasteiger partial charge in [-0.25, -0.2) is 4.98 Å². The molecule has 1 saturated heterocycles. The molecule has 1 aliphatic rings. The van der Waals surface area contributed by atoms with Crippen LogP contribution in [0.3, 0.4) is 0 Å². The largest absolute Gasteiger partial charge is 0.495 e. The molecular formula is C18H25N3OS. The minimum absolute atomic E-state index is 0.551. The third kappa shape index (κ3) is 3.78. The number of hydrogen-bond acceptors (Lipinski definition) is 5. The average molecular weight is 331 g/mol. The number of thiazole rings is 1. The Balaban J connectivity index is 1.55. The van der Waals surface area contributed by atoms with E-state index in [4.69, 9.17) is 4.74 Å². The lowest BCUT2D eigenvalue weighted by Gasteiger charge is -2.21. The Morgan fingerprint density at radius 1 is 1.39 bits per heavy atom. The van der Waals surface area contributed by atoms with Crippen molar-refractivity contribution in [3.63, 3.8) is 0 Å². The van der Waals surface area contributed by atoms with Crippen molar-refractivity contribution in [1.29, 1.82) is 0 Å². The fourth-order valence-electron chi connectivity index (χ4n) is 2.98. The van der Waals surface area contributed by atoms with E-state index in [2.05, 4.69) is 41.2 Å². The van der Waals surface area contributed by atoms with Crippen molar-refractivity contribution in [3.05, 3.63) is 35.3 Å². The minimum Gasteiger partial charge on any atom is -0.495 e. The maximum Gasteiger partial charge on any atom is 0.182 e. The zero-order valence-corrected chi connectivity index (χ0v) is 14.9. The zero-order valence-electron chi connectivity index (χ0n) is 14.1. The number of aromatic nitrogens is 1. The first-order valence-corrected chi connectivity index (χ1v) is 9.06. The highest BCUT2D eigenvalue weighted by atomic mass is 32.1. The predicted molar refractivity (Wildman–Crippen MR) is 98.0 cm³/mol. The molecule has 1 aliphatic heterocycles. The first kappa shape index (κ1) is 16.1. The van der Waals surface area contributed by atoms with Crippen LogP contribution in [-0.4, -0.2) is 31.7 Å². The van der Waals surface area contributed by atoms with Gasteiger partial charge < -0.3 is 15.0 Å². The van der Waals surface area contributed by atoms with E-state index < -0.39 is 0 Å². The van der Waals surface area contributed by atoms with Gasteiger partial charge in [-0.05, 0) is 30.4 Å². The summed E-state index contributed by atoms with van der Waals surface area (Å²) in [4.78, 5) is 8.24. The van der Waals surface area contributed by atoms with Crippen LogP contribution in [0.5, 0.6) is 5.75 Å². The van der Waals surface area contributed by atoms with Crippen molar-refractivity contribution in [2.24, 2.45) is 5.92 Å². The van der Waals surface area contributed by atoms with Crippen LogP contribution < -0.4 is 15.0 Å². The molecule has 2 heterocycles. The molecule has 1 fully saturated rings. The smallest absolute Gasteiger partial charge is 0.182 e. The zero-order chi connectivity index (χ0) is 16.2. The second-order valence-electron chi connectivity index (χ2n) is 6.38. The molecule has 1 aromatic carbocycles. The molecule has 0 saturated carbocycles. The van der Waals surface area contributed by atoms with E-state index in [1.807, 2.05) is 18.3 Å². The lowest BCUT2D eigenvalue weighted by atomic mass is 10.1. The van der Waals surface area contributed by atoms with Crippen LogP contribution in [0.15, 0.2) is 30.5 Å². The van der Waals surface area contributed by atoms with E-state index in [1.165, 1.54) is 17.0 Å². The van der Waals surface area contributed by atoms with Crippen LogP contribution in [0.4, 0.5) is 10.8 Å². The van der Waals surface area contributed by atoms with Crippen LogP contribution in [0.1, 0.15) is 31.1 Å². The highest BCUT2D eigenvalue weighted by molar-refractivity contribution is 7.15. The summed E-state index contributed by atoms with van der Waals surface area (Å²) in [6, 6.07) is 8.27. The van der Waals surface area contributed by atoms with Crippen LogP contribution in [-0.2, 0) is 0 Å². The fourth-order valence-corrected chi connectivity index (χ4v) is 3.80. The van der Waals surface area contributed by atoms with E-state index in [9.17, 15) is 0 Å². The highest BCUT2D eigenvalue weighted by Crippen LogP contribution is 2.32. The van der Waals surface area contributed by atoms with E-state index in [0.717, 1.165) is 30.5 Å². The number of rotatable bonds is 6. The lowest BCUT2D eigenvalue weighted by molar-refractivity contribution is 0.414. The SMILES string of the molecule is COc1ccccc1N1CC[C@@H](CNc2ncc(C(C)C)s2)C1. The summed E-state index contributed by atoms with van der Waals surface area (Å²) >= 11 is 1.77. The van der Waals surface area contributed by atoms with E-state index >= 15 is 0 Å². The quantitative estimate of drug-likeness (QED) is 0.860. The fraction of sp³-hybridized carbons (Fsp3) is 0.500. The number of para-hydroxylation sites is 2. The van der Waals surface area contributed by atoms with E-state index in [1.54, 1.807) is 18.4 Å². The summed E-state index contributed by atoms with van der Waals surface area (Å²) in [6.45, 7) is 7.55. The van der Waals surface area contributed by atoms with Crippen molar-refractivity contribution in [2.75, 3.05) is 37.0 Å². The van der Waals surface area contributed by atoms with Gasteiger partial charge in [-0.1, -0.05) is 26.0 Å². The molecule has 5 heteroatoms. The number of anilines is 2. The number of nitrogens with one attached hydrogen (secondary N) is 1. The third-order valence-corrected chi connectivity index (χ3v) is 5.60. The summed E-state index contributed by atoms with van der Waals surface area (Å²) in [6.07, 6.45) is 3.20. The molecule has 0 amide bonds. The van der Waals surface area contributed by atoms with Crippen LogP contribution in [0, 0.1) is 5.92 Å². The molecule has 124 valence electrons. The monoisotopic (exact) mass is 331 g/mol. The predicted octanol–water partition coefficient (Wildman–Crippen LogP) is 4.21. The first-order valence-electron chi connectivity index (χ1n) is 8.25. The molecule has 23 heavy (non-hydrogen) atoms. The Morgan fingerprint density at radius 2 is 2.22 bits per heavy atom. The summed E-state index contributed by atoms with van der Waals surface area (Å²) < 4.78 is 5.48. The van der Waals surface area contributed by atoms with Gasteiger partial charge in [0.1, 0.15) is 5.75 Å². The number of nitrogens with zero attached hydrogens (tertiary/aromatic N) is 2. The number of methoxy groups -OCH3 is 1. The van der Waals surface area contributed by atoms with Gasteiger partial charge in [0.2, 0.25) is 0 Å². The molecule has 0 aliphatic carbocycles. The molecule has 3 rings (SSSR count). The lowest BCUT2D eigenvalue weighted by Crippen LogP contribution is -2.22. The van der Waals surface area contributed by atoms with Crippen LogP contribution >= 0.6 is 11.3 Å². The van der Waals surface area contributed by atoms with E-state index in [0.29, 0.717) is 11.8 Å². The van der Waals surface area contributed by atoms with Gasteiger partial charge in [0.25, 0.3) is 0 Å². The second-order valence-corrected chi connectivity index (χ2v) is 7.44.